The van der Waals surface area contributed by atoms with Crippen molar-refractivity contribution in [2.75, 3.05) is 11.4 Å². The average Bonchev–Trinajstić information content (AvgIpc) is 2.73. The Morgan fingerprint density at radius 1 is 1.00 bits per heavy atom. The van der Waals surface area contributed by atoms with E-state index in [9.17, 15) is 4.79 Å². The first-order chi connectivity index (χ1) is 13.7. The maximum Gasteiger partial charge on any atom is 0.225 e. The largest absolute Gasteiger partial charge is 0.336 e. The van der Waals surface area contributed by atoms with Crippen molar-refractivity contribution in [2.24, 2.45) is 0 Å². The molecule has 0 amide bonds. The van der Waals surface area contributed by atoms with Crippen LogP contribution in [-0.2, 0) is 19.4 Å². The first-order valence-corrected chi connectivity index (χ1v) is 9.95. The standard InChI is InChI=1S/C24H23N3O/c1-16-6-8-18(9-7-16)20-12-22-21(23(28)13-20)14-25-24(26-22)27-11-10-17-4-2-3-5-19(17)15-27/h2-9,14,20H,10-13,15H2,1H3/t20-/m1/s1. The van der Waals surface area contributed by atoms with E-state index in [1.807, 2.05) is 0 Å². The van der Waals surface area contributed by atoms with Crippen LogP contribution < -0.4 is 4.90 Å². The summed E-state index contributed by atoms with van der Waals surface area (Å²) in [4.78, 5) is 24.3. The molecule has 1 atom stereocenters. The summed E-state index contributed by atoms with van der Waals surface area (Å²) >= 11 is 0. The molecule has 0 saturated heterocycles. The lowest BCUT2D eigenvalue weighted by Crippen LogP contribution is -2.32. The number of benzene rings is 2. The molecule has 0 spiro atoms. The van der Waals surface area contributed by atoms with Crippen molar-refractivity contribution in [1.82, 2.24) is 9.97 Å². The van der Waals surface area contributed by atoms with Gasteiger partial charge in [-0.3, -0.25) is 4.79 Å². The third kappa shape index (κ3) is 3.09. The minimum Gasteiger partial charge on any atom is -0.336 e. The molecule has 0 unspecified atom stereocenters. The van der Waals surface area contributed by atoms with Gasteiger partial charge >= 0.3 is 0 Å². The number of Topliss-reactive ketones (excluding diaryl/α,β-unsaturated/α-hetero) is 1. The van der Waals surface area contributed by atoms with E-state index in [0.29, 0.717) is 12.0 Å². The van der Waals surface area contributed by atoms with E-state index >= 15 is 0 Å². The summed E-state index contributed by atoms with van der Waals surface area (Å²) in [7, 11) is 0. The zero-order chi connectivity index (χ0) is 19.1. The second-order valence-corrected chi connectivity index (χ2v) is 7.91. The van der Waals surface area contributed by atoms with Crippen LogP contribution in [0.5, 0.6) is 0 Å². The summed E-state index contributed by atoms with van der Waals surface area (Å²) in [6.07, 6.45) is 4.08. The Morgan fingerprint density at radius 2 is 1.79 bits per heavy atom. The molecule has 0 bridgehead atoms. The SMILES string of the molecule is Cc1ccc([C@H]2CC(=O)c3cnc(N4CCc5ccccc5C4)nc3C2)cc1. The monoisotopic (exact) mass is 369 g/mol. The summed E-state index contributed by atoms with van der Waals surface area (Å²) in [5.41, 5.74) is 6.79. The average molecular weight is 369 g/mol. The van der Waals surface area contributed by atoms with Crippen LogP contribution in [0.25, 0.3) is 0 Å². The Kier molecular flexibility index (Phi) is 4.19. The summed E-state index contributed by atoms with van der Waals surface area (Å²) in [5, 5.41) is 0. The van der Waals surface area contributed by atoms with Crippen molar-refractivity contribution in [2.45, 2.75) is 38.6 Å². The van der Waals surface area contributed by atoms with Gasteiger partial charge < -0.3 is 4.90 Å². The molecular formula is C24H23N3O. The Morgan fingerprint density at radius 3 is 2.61 bits per heavy atom. The predicted octanol–water partition coefficient (Wildman–Crippen LogP) is 4.26. The number of carbonyl (C=O) groups excluding carboxylic acids is 1. The molecule has 0 radical (unpaired) electrons. The van der Waals surface area contributed by atoms with Crippen molar-refractivity contribution in [3.8, 4) is 0 Å². The third-order valence-electron chi connectivity index (χ3n) is 5.99. The molecule has 0 saturated carbocycles. The van der Waals surface area contributed by atoms with Crippen LogP contribution in [0.15, 0.2) is 54.7 Å². The molecule has 140 valence electrons. The lowest BCUT2D eigenvalue weighted by molar-refractivity contribution is 0.0962. The van der Waals surface area contributed by atoms with Crippen molar-refractivity contribution in [3.63, 3.8) is 0 Å². The second kappa shape index (κ2) is 6.86. The maximum atomic E-state index is 12.7. The summed E-state index contributed by atoms with van der Waals surface area (Å²) in [6.45, 7) is 3.82. The fourth-order valence-corrected chi connectivity index (χ4v) is 4.33. The number of fused-ring (bicyclic) bond motifs is 2. The van der Waals surface area contributed by atoms with Gasteiger partial charge in [0, 0.05) is 25.7 Å². The van der Waals surface area contributed by atoms with E-state index in [-0.39, 0.29) is 11.7 Å². The molecule has 3 aromatic rings. The zero-order valence-electron chi connectivity index (χ0n) is 16.1. The molecule has 2 aliphatic rings. The highest BCUT2D eigenvalue weighted by atomic mass is 16.1. The van der Waals surface area contributed by atoms with Gasteiger partial charge in [0.1, 0.15) is 0 Å². The van der Waals surface area contributed by atoms with Gasteiger partial charge in [0.2, 0.25) is 5.95 Å². The number of carbonyl (C=O) groups is 1. The number of hydrogen-bond donors (Lipinski definition) is 0. The molecular weight excluding hydrogens is 346 g/mol. The van der Waals surface area contributed by atoms with Crippen molar-refractivity contribution < 1.29 is 4.79 Å². The molecule has 4 nitrogen and oxygen atoms in total. The highest BCUT2D eigenvalue weighted by molar-refractivity contribution is 5.98. The number of anilines is 1. The van der Waals surface area contributed by atoms with Gasteiger partial charge in [0.25, 0.3) is 0 Å². The summed E-state index contributed by atoms with van der Waals surface area (Å²) in [5.74, 6) is 1.10. The Labute approximate surface area is 165 Å². The zero-order valence-corrected chi connectivity index (χ0v) is 16.1. The van der Waals surface area contributed by atoms with Crippen LogP contribution in [0.4, 0.5) is 5.95 Å². The van der Waals surface area contributed by atoms with Gasteiger partial charge in [0.15, 0.2) is 5.78 Å². The van der Waals surface area contributed by atoms with E-state index in [0.717, 1.165) is 37.6 Å². The smallest absolute Gasteiger partial charge is 0.225 e. The lowest BCUT2D eigenvalue weighted by atomic mass is 9.82. The first-order valence-electron chi connectivity index (χ1n) is 9.95. The molecule has 1 aliphatic heterocycles. The van der Waals surface area contributed by atoms with E-state index < -0.39 is 0 Å². The topological polar surface area (TPSA) is 46.1 Å². The van der Waals surface area contributed by atoms with Gasteiger partial charge in [-0.15, -0.1) is 0 Å². The van der Waals surface area contributed by atoms with Gasteiger partial charge in [-0.25, -0.2) is 9.97 Å². The number of ketones is 1. The molecule has 4 heteroatoms. The summed E-state index contributed by atoms with van der Waals surface area (Å²) < 4.78 is 0. The number of nitrogens with zero attached hydrogens (tertiary/aromatic N) is 3. The van der Waals surface area contributed by atoms with E-state index in [4.69, 9.17) is 4.98 Å². The molecule has 1 aliphatic carbocycles. The molecule has 2 heterocycles. The molecule has 1 aromatic heterocycles. The molecule has 0 N–H and O–H groups in total. The number of aromatic nitrogens is 2. The van der Waals surface area contributed by atoms with Gasteiger partial charge in [-0.2, -0.15) is 0 Å². The van der Waals surface area contributed by atoms with Crippen molar-refractivity contribution >= 4 is 11.7 Å². The van der Waals surface area contributed by atoms with Gasteiger partial charge in [-0.1, -0.05) is 54.1 Å². The lowest BCUT2D eigenvalue weighted by Gasteiger charge is -2.30. The number of aryl methyl sites for hydroxylation is 1. The van der Waals surface area contributed by atoms with E-state index in [1.54, 1.807) is 6.20 Å². The van der Waals surface area contributed by atoms with Crippen molar-refractivity contribution in [1.29, 1.82) is 0 Å². The maximum absolute atomic E-state index is 12.7. The first kappa shape index (κ1) is 17.1. The highest BCUT2D eigenvalue weighted by Gasteiger charge is 2.29. The Bertz CT molecular complexity index is 1040. The van der Waals surface area contributed by atoms with Gasteiger partial charge in [0.05, 0.1) is 11.3 Å². The number of rotatable bonds is 2. The van der Waals surface area contributed by atoms with Crippen LogP contribution in [0, 0.1) is 6.92 Å². The minimum absolute atomic E-state index is 0.155. The summed E-state index contributed by atoms with van der Waals surface area (Å²) in [6, 6.07) is 17.1. The minimum atomic E-state index is 0.155. The van der Waals surface area contributed by atoms with Crippen LogP contribution in [0.1, 0.15) is 50.6 Å². The van der Waals surface area contributed by atoms with Crippen molar-refractivity contribution in [3.05, 3.63) is 88.2 Å². The fraction of sp³-hybridized carbons (Fsp3) is 0.292. The second-order valence-electron chi connectivity index (χ2n) is 7.91. The normalized spacial score (nSPS) is 18.5. The van der Waals surface area contributed by atoms with E-state index in [1.165, 1.54) is 22.3 Å². The quantitative estimate of drug-likeness (QED) is 0.677. The molecule has 28 heavy (non-hydrogen) atoms. The number of hydrogen-bond acceptors (Lipinski definition) is 4. The Hall–Kier alpha value is -3.01. The van der Waals surface area contributed by atoms with E-state index in [2.05, 4.69) is 65.3 Å². The van der Waals surface area contributed by atoms with Crippen LogP contribution in [0.3, 0.4) is 0 Å². The molecule has 2 aromatic carbocycles. The third-order valence-corrected chi connectivity index (χ3v) is 5.99. The Balaban J connectivity index is 1.43. The molecule has 5 rings (SSSR count). The van der Waals surface area contributed by atoms with Crippen LogP contribution >= 0.6 is 0 Å². The fourth-order valence-electron chi connectivity index (χ4n) is 4.33. The van der Waals surface area contributed by atoms with Gasteiger partial charge in [-0.05, 0) is 42.4 Å². The highest BCUT2D eigenvalue weighted by Crippen LogP contribution is 2.33. The molecule has 0 fully saturated rings. The van der Waals surface area contributed by atoms with Crippen LogP contribution in [-0.4, -0.2) is 22.3 Å². The van der Waals surface area contributed by atoms with Crippen LogP contribution in [0.2, 0.25) is 0 Å². The predicted molar refractivity (Wildman–Crippen MR) is 110 cm³/mol.